The quantitative estimate of drug-likeness (QED) is 0.191. The number of rotatable bonds is 1. The van der Waals surface area contributed by atoms with Crippen molar-refractivity contribution < 1.29 is 50.7 Å². The van der Waals surface area contributed by atoms with Gasteiger partial charge in [-0.1, -0.05) is 22.3 Å². The molecular weight excluding hydrogens is 739 g/mol. The molecule has 2 aromatic heterocycles. The van der Waals surface area contributed by atoms with E-state index in [4.69, 9.17) is 2.64 Å². The van der Waals surface area contributed by atoms with Crippen LogP contribution in [0.5, 0.6) is 0 Å². The van der Waals surface area contributed by atoms with E-state index in [1.165, 1.54) is 12.4 Å². The van der Waals surface area contributed by atoms with Crippen molar-refractivity contribution in [3.05, 3.63) is 33.7 Å². The zero-order valence-electron chi connectivity index (χ0n) is 10.2. The molecule has 5 nitrogen and oxygen atoms in total. The molecule has 0 aromatic carbocycles. The van der Waals surface area contributed by atoms with E-state index in [-0.39, 0.29) is 53.1 Å². The van der Waals surface area contributed by atoms with Crippen LogP contribution in [0.3, 0.4) is 0 Å². The van der Waals surface area contributed by atoms with Gasteiger partial charge in [0, 0.05) is 28.3 Å². The number of nitrogens with zero attached hydrogens (tertiary/aromatic N) is 4. The SMILES string of the molecule is C.C.C.FC(F)(Br)n1cc(Br)cn1.FC(F)(F)n1cc(Br)cn1.[O]=[Hg]. The average Bonchev–Trinajstić information content (AvgIpc) is 3.00. The summed E-state index contributed by atoms with van der Waals surface area (Å²) in [6, 6.07) is 0. The third kappa shape index (κ3) is 13.1. The summed E-state index contributed by atoms with van der Waals surface area (Å²) in [5.41, 5.74) is 0. The number of halogens is 8. The van der Waals surface area contributed by atoms with Crippen molar-refractivity contribution in [2.75, 3.05) is 0 Å². The normalized spacial score (nSPS) is 9.84. The van der Waals surface area contributed by atoms with E-state index < -0.39 is 11.3 Å². The van der Waals surface area contributed by atoms with Crippen LogP contribution in [0.25, 0.3) is 0 Å². The van der Waals surface area contributed by atoms with E-state index in [9.17, 15) is 22.0 Å². The Balaban J connectivity index is -0.000000145. The van der Waals surface area contributed by atoms with E-state index in [1.807, 2.05) is 0 Å². The maximum absolute atomic E-state index is 12.3. The summed E-state index contributed by atoms with van der Waals surface area (Å²) >= 11 is 7.75. The first kappa shape index (κ1) is 32.9. The molecule has 0 atom stereocenters. The number of hydrogen-bond donors (Lipinski definition) is 0. The molecule has 14 heteroatoms. The molecular formula is C11H16Br3F5HgN4O. The van der Waals surface area contributed by atoms with Crippen LogP contribution >= 0.6 is 47.8 Å². The van der Waals surface area contributed by atoms with Gasteiger partial charge in [0.2, 0.25) is 0 Å². The van der Waals surface area contributed by atoms with Crippen molar-refractivity contribution >= 4 is 47.8 Å². The van der Waals surface area contributed by atoms with Crippen molar-refractivity contribution in [3.63, 3.8) is 0 Å². The average molecular weight is 756 g/mol. The van der Waals surface area contributed by atoms with E-state index in [0.29, 0.717) is 13.6 Å². The number of alkyl halides is 6. The second-order valence-corrected chi connectivity index (χ2v) is 5.93. The van der Waals surface area contributed by atoms with Gasteiger partial charge in [-0.25, -0.2) is 0 Å². The summed E-state index contributed by atoms with van der Waals surface area (Å²) in [5.74, 6) is 0. The van der Waals surface area contributed by atoms with Crippen LogP contribution in [0.1, 0.15) is 22.3 Å². The van der Waals surface area contributed by atoms with Crippen LogP contribution in [-0.4, -0.2) is 19.6 Å². The molecule has 2 aromatic rings. The van der Waals surface area contributed by atoms with Gasteiger partial charge in [-0.3, -0.25) is 0 Å². The Morgan fingerprint density at radius 2 is 1.16 bits per heavy atom. The minimum absolute atomic E-state index is 0. The van der Waals surface area contributed by atoms with Gasteiger partial charge in [-0.05, 0) is 31.9 Å². The van der Waals surface area contributed by atoms with Gasteiger partial charge in [0.1, 0.15) is 0 Å². The molecule has 0 saturated carbocycles. The molecule has 0 amide bonds. The van der Waals surface area contributed by atoms with Crippen molar-refractivity contribution in [2.45, 2.75) is 33.5 Å². The predicted molar refractivity (Wildman–Crippen MR) is 91.1 cm³/mol. The molecule has 0 aliphatic rings. The van der Waals surface area contributed by atoms with Gasteiger partial charge in [0.15, 0.2) is 0 Å². The fraction of sp³-hybridized carbons (Fsp3) is 0.455. The summed E-state index contributed by atoms with van der Waals surface area (Å²) in [5, 5.41) is 6.39. The first-order valence-corrected chi connectivity index (χ1v) is 9.46. The second kappa shape index (κ2) is 14.3. The van der Waals surface area contributed by atoms with Crippen molar-refractivity contribution in [1.82, 2.24) is 19.6 Å². The molecule has 0 aliphatic heterocycles. The summed E-state index contributed by atoms with van der Waals surface area (Å²) in [4.78, 5) is -3.10. The first-order chi connectivity index (χ1) is 10.00. The van der Waals surface area contributed by atoms with Gasteiger partial charge in [0.05, 0.1) is 21.3 Å². The minimum atomic E-state index is -4.41. The molecule has 0 radical (unpaired) electrons. The predicted octanol–water partition coefficient (Wildman–Crippen LogP) is 6.46. The van der Waals surface area contributed by atoms with Crippen LogP contribution in [0.2, 0.25) is 0 Å². The van der Waals surface area contributed by atoms with Gasteiger partial charge < -0.3 is 0 Å². The summed E-state index contributed by atoms with van der Waals surface area (Å²) < 4.78 is 69.3. The molecule has 0 unspecified atom stereocenters. The van der Waals surface area contributed by atoms with E-state index in [2.05, 4.69) is 58.0 Å². The molecule has 25 heavy (non-hydrogen) atoms. The standard InChI is InChI=1S/C4H2Br2F2N2.C4H2BrF3N2.3CH4.Hg.O/c2*5-3-1-9-10(2-3)4(6,7)8;;;;;/h2*1-2H;3*1H4;;. The molecule has 0 spiro atoms. The van der Waals surface area contributed by atoms with Crippen LogP contribution in [0.4, 0.5) is 22.0 Å². The van der Waals surface area contributed by atoms with Gasteiger partial charge in [-0.15, -0.1) is 13.2 Å². The molecule has 0 saturated heterocycles. The Labute approximate surface area is 184 Å². The molecule has 2 rings (SSSR count). The van der Waals surface area contributed by atoms with Crippen LogP contribution in [0.15, 0.2) is 33.7 Å². The molecule has 0 bridgehead atoms. The van der Waals surface area contributed by atoms with E-state index in [0.717, 1.165) is 12.4 Å². The van der Waals surface area contributed by atoms with Gasteiger partial charge >= 0.3 is 40.0 Å². The first-order valence-electron chi connectivity index (χ1n) is 4.84. The van der Waals surface area contributed by atoms with Crippen LogP contribution in [-0.2, 0) is 40.0 Å². The molecule has 144 valence electrons. The Kier molecular flexibility index (Phi) is 18.8. The molecule has 2 heterocycles. The fourth-order valence-electron chi connectivity index (χ4n) is 0.879. The number of hydrogen-bond acceptors (Lipinski definition) is 3. The Morgan fingerprint density at radius 3 is 1.28 bits per heavy atom. The Hall–Kier alpha value is 0.245. The van der Waals surface area contributed by atoms with Gasteiger partial charge in [0.25, 0.3) is 0 Å². The second-order valence-electron chi connectivity index (χ2n) is 3.14. The Morgan fingerprint density at radius 1 is 0.840 bits per heavy atom. The van der Waals surface area contributed by atoms with E-state index >= 15 is 0 Å². The third-order valence-corrected chi connectivity index (χ3v) is 2.80. The zero-order valence-corrected chi connectivity index (χ0v) is 20.5. The molecule has 0 aliphatic carbocycles. The Bertz CT molecular complexity index is 539. The topological polar surface area (TPSA) is 52.7 Å². The summed E-state index contributed by atoms with van der Waals surface area (Å²) in [7, 11) is 0. The monoisotopic (exact) mass is 754 g/mol. The maximum atomic E-state index is 12.3. The summed E-state index contributed by atoms with van der Waals surface area (Å²) in [6.07, 6.45) is -0.0244. The molecule has 0 fully saturated rings. The fourth-order valence-corrected chi connectivity index (χ4v) is 1.64. The van der Waals surface area contributed by atoms with Crippen molar-refractivity contribution in [3.8, 4) is 0 Å². The van der Waals surface area contributed by atoms with Gasteiger partial charge in [-0.2, -0.15) is 28.3 Å². The third-order valence-electron chi connectivity index (χ3n) is 1.62. The zero-order chi connectivity index (χ0) is 17.6. The van der Waals surface area contributed by atoms with Crippen LogP contribution in [0, 0.1) is 0 Å². The molecule has 0 N–H and O–H groups in total. The van der Waals surface area contributed by atoms with Crippen molar-refractivity contribution in [2.24, 2.45) is 0 Å². The van der Waals surface area contributed by atoms with E-state index in [1.54, 1.807) is 0 Å². The summed E-state index contributed by atoms with van der Waals surface area (Å²) in [6.45, 7) is 0. The number of aromatic nitrogens is 4. The van der Waals surface area contributed by atoms with Crippen molar-refractivity contribution in [1.29, 1.82) is 0 Å². The van der Waals surface area contributed by atoms with Crippen LogP contribution < -0.4 is 0 Å².